The van der Waals surface area contributed by atoms with Crippen molar-refractivity contribution >= 4 is 5.91 Å². The lowest BCUT2D eigenvalue weighted by Gasteiger charge is -2.38. The first-order chi connectivity index (χ1) is 10.7. The van der Waals surface area contributed by atoms with Gasteiger partial charge in [0.2, 0.25) is 0 Å². The van der Waals surface area contributed by atoms with Crippen molar-refractivity contribution < 1.29 is 4.79 Å². The Balaban J connectivity index is 1.35. The molecule has 2 fully saturated rings. The summed E-state index contributed by atoms with van der Waals surface area (Å²) in [5.74, 6) is 1.14. The third kappa shape index (κ3) is 2.59. The molecule has 2 aliphatic rings. The van der Waals surface area contributed by atoms with Gasteiger partial charge in [-0.05, 0) is 18.9 Å². The number of rotatable bonds is 5. The number of carbonyl (C=O) groups is 1. The van der Waals surface area contributed by atoms with Gasteiger partial charge in [0.15, 0.2) is 0 Å². The standard InChI is InChI=1S/C15H18N6O/c16-14(22)11-5-18-21(6-11)13-8-20(9-13)7-12-3-4-17-15(19-12)10-1-2-10/h3-6,10,13H,1-2,7-9H2,(H2,16,22). The van der Waals surface area contributed by atoms with Crippen LogP contribution in [0.4, 0.5) is 0 Å². The van der Waals surface area contributed by atoms with Crippen LogP contribution in [0.5, 0.6) is 0 Å². The van der Waals surface area contributed by atoms with E-state index in [4.69, 9.17) is 5.73 Å². The number of aromatic nitrogens is 4. The molecular weight excluding hydrogens is 280 g/mol. The van der Waals surface area contributed by atoms with E-state index < -0.39 is 5.91 Å². The van der Waals surface area contributed by atoms with Gasteiger partial charge in [0.25, 0.3) is 5.91 Å². The Labute approximate surface area is 128 Å². The first-order valence-corrected chi connectivity index (χ1v) is 7.57. The molecule has 114 valence electrons. The van der Waals surface area contributed by atoms with E-state index in [2.05, 4.69) is 20.0 Å². The van der Waals surface area contributed by atoms with Crippen molar-refractivity contribution in [2.75, 3.05) is 13.1 Å². The summed E-state index contributed by atoms with van der Waals surface area (Å²) in [7, 11) is 0. The first-order valence-electron chi connectivity index (χ1n) is 7.57. The molecule has 0 spiro atoms. The van der Waals surface area contributed by atoms with Crippen molar-refractivity contribution in [2.24, 2.45) is 5.73 Å². The maximum atomic E-state index is 11.1. The molecule has 7 nitrogen and oxygen atoms in total. The van der Waals surface area contributed by atoms with Gasteiger partial charge in [-0.3, -0.25) is 14.4 Å². The van der Waals surface area contributed by atoms with Gasteiger partial charge in [-0.25, -0.2) is 9.97 Å². The average Bonchev–Trinajstić information content (AvgIpc) is 3.20. The zero-order valence-electron chi connectivity index (χ0n) is 12.2. The number of primary amides is 1. The Morgan fingerprint density at radius 1 is 1.36 bits per heavy atom. The summed E-state index contributed by atoms with van der Waals surface area (Å²) in [5, 5.41) is 4.21. The fraction of sp³-hybridized carbons (Fsp3) is 0.467. The molecule has 1 amide bonds. The van der Waals surface area contributed by atoms with E-state index in [1.807, 2.05) is 16.9 Å². The number of likely N-dealkylation sites (tertiary alicyclic amines) is 1. The van der Waals surface area contributed by atoms with E-state index in [1.54, 1.807) is 6.20 Å². The Morgan fingerprint density at radius 3 is 2.86 bits per heavy atom. The van der Waals surface area contributed by atoms with Crippen LogP contribution in [0.3, 0.4) is 0 Å². The van der Waals surface area contributed by atoms with Gasteiger partial charge in [-0.15, -0.1) is 0 Å². The van der Waals surface area contributed by atoms with E-state index in [0.29, 0.717) is 17.5 Å². The number of amides is 1. The van der Waals surface area contributed by atoms with Crippen molar-refractivity contribution in [3.05, 3.63) is 41.7 Å². The Hall–Kier alpha value is -2.28. The van der Waals surface area contributed by atoms with E-state index >= 15 is 0 Å². The highest BCUT2D eigenvalue weighted by Gasteiger charge is 2.30. The predicted molar refractivity (Wildman–Crippen MR) is 79.1 cm³/mol. The molecule has 2 aromatic heterocycles. The number of nitrogens with zero attached hydrogens (tertiary/aromatic N) is 5. The van der Waals surface area contributed by atoms with Crippen LogP contribution in [0.2, 0.25) is 0 Å². The molecule has 7 heteroatoms. The predicted octanol–water partition coefficient (Wildman–Crippen LogP) is 0.706. The highest BCUT2D eigenvalue weighted by Crippen LogP contribution is 2.37. The molecule has 0 bridgehead atoms. The Morgan fingerprint density at radius 2 is 2.18 bits per heavy atom. The van der Waals surface area contributed by atoms with Crippen LogP contribution in [-0.2, 0) is 6.54 Å². The molecule has 3 heterocycles. The monoisotopic (exact) mass is 298 g/mol. The molecule has 0 aromatic carbocycles. The van der Waals surface area contributed by atoms with Crippen molar-refractivity contribution in [1.29, 1.82) is 0 Å². The molecule has 1 aliphatic carbocycles. The fourth-order valence-electron chi connectivity index (χ4n) is 2.77. The SMILES string of the molecule is NC(=O)c1cnn(C2CN(Cc3ccnc(C4CC4)n3)C2)c1. The van der Waals surface area contributed by atoms with Gasteiger partial charge in [-0.2, -0.15) is 5.10 Å². The summed E-state index contributed by atoms with van der Waals surface area (Å²) < 4.78 is 1.83. The third-order valence-corrected chi connectivity index (χ3v) is 4.26. The lowest BCUT2D eigenvalue weighted by molar-refractivity contribution is 0.0892. The van der Waals surface area contributed by atoms with Gasteiger partial charge in [0.1, 0.15) is 5.82 Å². The highest BCUT2D eigenvalue weighted by molar-refractivity contribution is 5.92. The fourth-order valence-corrected chi connectivity index (χ4v) is 2.77. The van der Waals surface area contributed by atoms with Crippen molar-refractivity contribution in [2.45, 2.75) is 31.3 Å². The summed E-state index contributed by atoms with van der Waals surface area (Å²) in [5.41, 5.74) is 6.78. The van der Waals surface area contributed by atoms with E-state index in [9.17, 15) is 4.79 Å². The van der Waals surface area contributed by atoms with Crippen molar-refractivity contribution in [1.82, 2.24) is 24.6 Å². The quantitative estimate of drug-likeness (QED) is 0.878. The Bertz CT molecular complexity index is 702. The molecule has 0 unspecified atom stereocenters. The molecule has 1 saturated carbocycles. The molecule has 0 atom stereocenters. The minimum absolute atomic E-state index is 0.304. The summed E-state index contributed by atoms with van der Waals surface area (Å²) in [6.45, 7) is 2.65. The largest absolute Gasteiger partial charge is 0.366 e. The van der Waals surface area contributed by atoms with Crippen LogP contribution in [0.25, 0.3) is 0 Å². The van der Waals surface area contributed by atoms with Crippen LogP contribution >= 0.6 is 0 Å². The second-order valence-electron chi connectivity index (χ2n) is 6.10. The van der Waals surface area contributed by atoms with E-state index in [1.165, 1.54) is 19.0 Å². The molecule has 2 N–H and O–H groups in total. The Kier molecular flexibility index (Phi) is 3.15. The lowest BCUT2D eigenvalue weighted by Crippen LogP contribution is -2.47. The minimum atomic E-state index is -0.434. The number of hydrogen-bond acceptors (Lipinski definition) is 5. The number of hydrogen-bond donors (Lipinski definition) is 1. The van der Waals surface area contributed by atoms with Crippen LogP contribution in [0.15, 0.2) is 24.7 Å². The van der Waals surface area contributed by atoms with Gasteiger partial charge in [0, 0.05) is 37.9 Å². The molecule has 22 heavy (non-hydrogen) atoms. The normalized spacial score (nSPS) is 19.1. The average molecular weight is 298 g/mol. The first kappa shape index (κ1) is 13.4. The summed E-state index contributed by atoms with van der Waals surface area (Å²) in [6.07, 6.45) is 7.55. The third-order valence-electron chi connectivity index (χ3n) is 4.26. The smallest absolute Gasteiger partial charge is 0.251 e. The number of nitrogens with two attached hydrogens (primary N) is 1. The lowest BCUT2D eigenvalue weighted by atomic mass is 10.1. The molecule has 4 rings (SSSR count). The molecule has 2 aromatic rings. The molecule has 1 saturated heterocycles. The summed E-state index contributed by atoms with van der Waals surface area (Å²) >= 11 is 0. The van der Waals surface area contributed by atoms with Crippen molar-refractivity contribution in [3.63, 3.8) is 0 Å². The summed E-state index contributed by atoms with van der Waals surface area (Å²) in [4.78, 5) is 22.4. The topological polar surface area (TPSA) is 89.9 Å². The second kappa shape index (κ2) is 5.17. The molecule has 1 aliphatic heterocycles. The van der Waals surface area contributed by atoms with Crippen LogP contribution in [-0.4, -0.2) is 43.6 Å². The van der Waals surface area contributed by atoms with Crippen LogP contribution < -0.4 is 5.73 Å². The van der Waals surface area contributed by atoms with Crippen LogP contribution in [0.1, 0.15) is 46.7 Å². The van der Waals surface area contributed by atoms with Crippen LogP contribution in [0, 0.1) is 0 Å². The maximum absolute atomic E-state index is 11.1. The van der Waals surface area contributed by atoms with Gasteiger partial charge in [0.05, 0.1) is 23.5 Å². The molecule has 0 radical (unpaired) electrons. The summed E-state index contributed by atoms with van der Waals surface area (Å²) in [6, 6.07) is 2.29. The van der Waals surface area contributed by atoms with Gasteiger partial charge < -0.3 is 5.73 Å². The second-order valence-corrected chi connectivity index (χ2v) is 6.10. The van der Waals surface area contributed by atoms with Crippen molar-refractivity contribution in [3.8, 4) is 0 Å². The van der Waals surface area contributed by atoms with Gasteiger partial charge in [-0.1, -0.05) is 0 Å². The van der Waals surface area contributed by atoms with E-state index in [0.717, 1.165) is 31.2 Å². The van der Waals surface area contributed by atoms with E-state index in [-0.39, 0.29) is 0 Å². The maximum Gasteiger partial charge on any atom is 0.251 e. The van der Waals surface area contributed by atoms with Gasteiger partial charge >= 0.3 is 0 Å². The zero-order valence-corrected chi connectivity index (χ0v) is 12.2. The number of carbonyl (C=O) groups excluding carboxylic acids is 1. The minimum Gasteiger partial charge on any atom is -0.366 e. The molecular formula is C15H18N6O. The highest BCUT2D eigenvalue weighted by atomic mass is 16.1. The zero-order chi connectivity index (χ0) is 15.1.